The van der Waals surface area contributed by atoms with Crippen molar-refractivity contribution in [2.75, 3.05) is 19.6 Å². The molecule has 1 aliphatic rings. The third kappa shape index (κ3) is 5.37. The number of benzene rings is 1. The zero-order valence-electron chi connectivity index (χ0n) is 14.1. The Morgan fingerprint density at radius 3 is 2.84 bits per heavy atom. The molecule has 25 heavy (non-hydrogen) atoms. The number of rotatable bonds is 6. The molecule has 7 heteroatoms. The van der Waals surface area contributed by atoms with E-state index in [1.807, 2.05) is 25.1 Å². The molecule has 1 aliphatic heterocycles. The molecular formula is C18H24IN3O3. The van der Waals surface area contributed by atoms with Crippen LogP contribution in [0.4, 0.5) is 0 Å². The smallest absolute Gasteiger partial charge is 0.191 e. The van der Waals surface area contributed by atoms with E-state index in [0.29, 0.717) is 18.3 Å². The average molecular weight is 457 g/mol. The molecule has 2 atom stereocenters. The van der Waals surface area contributed by atoms with Gasteiger partial charge in [0.2, 0.25) is 0 Å². The molecule has 3 rings (SSSR count). The van der Waals surface area contributed by atoms with Gasteiger partial charge < -0.3 is 24.9 Å². The van der Waals surface area contributed by atoms with Gasteiger partial charge in [-0.3, -0.25) is 4.99 Å². The molecule has 6 nitrogen and oxygen atoms in total. The number of nitrogens with zero attached hydrogens (tertiary/aromatic N) is 1. The van der Waals surface area contributed by atoms with Gasteiger partial charge >= 0.3 is 0 Å². The first-order valence-corrected chi connectivity index (χ1v) is 8.24. The number of hydrogen-bond acceptors (Lipinski definition) is 4. The summed E-state index contributed by atoms with van der Waals surface area (Å²) in [6, 6.07) is 11.6. The molecule has 0 fully saturated rings. The fourth-order valence-electron chi connectivity index (χ4n) is 2.67. The molecule has 2 unspecified atom stereocenters. The van der Waals surface area contributed by atoms with Crippen LogP contribution in [0.25, 0.3) is 0 Å². The second-order valence-electron chi connectivity index (χ2n) is 5.68. The number of halogens is 1. The first-order chi connectivity index (χ1) is 11.8. The number of aliphatic imine (C=N–C) groups is 1. The third-order valence-corrected chi connectivity index (χ3v) is 3.85. The SMILES string of the molecule is CCNC(=NCC(O)c1ccco1)NCC1Cc2ccccc2O1.I. The Morgan fingerprint density at radius 2 is 2.12 bits per heavy atom. The van der Waals surface area contributed by atoms with Gasteiger partial charge in [-0.25, -0.2) is 0 Å². The number of hydrogen-bond donors (Lipinski definition) is 3. The first kappa shape index (κ1) is 19.6. The number of para-hydroxylation sites is 1. The van der Waals surface area contributed by atoms with Crippen LogP contribution in [0.3, 0.4) is 0 Å². The summed E-state index contributed by atoms with van der Waals surface area (Å²) < 4.78 is 11.1. The topological polar surface area (TPSA) is 79.0 Å². The lowest BCUT2D eigenvalue weighted by atomic mass is 10.1. The Kier molecular flexibility index (Phi) is 7.57. The highest BCUT2D eigenvalue weighted by Gasteiger charge is 2.22. The van der Waals surface area contributed by atoms with Gasteiger partial charge in [0, 0.05) is 13.0 Å². The Labute approximate surface area is 164 Å². The lowest BCUT2D eigenvalue weighted by Crippen LogP contribution is -2.42. The van der Waals surface area contributed by atoms with E-state index in [2.05, 4.69) is 21.7 Å². The number of fused-ring (bicyclic) bond motifs is 1. The highest BCUT2D eigenvalue weighted by Crippen LogP contribution is 2.27. The van der Waals surface area contributed by atoms with Gasteiger partial charge in [0.15, 0.2) is 5.96 Å². The van der Waals surface area contributed by atoms with E-state index in [1.54, 1.807) is 18.4 Å². The van der Waals surface area contributed by atoms with Gasteiger partial charge in [-0.1, -0.05) is 18.2 Å². The zero-order chi connectivity index (χ0) is 16.8. The van der Waals surface area contributed by atoms with E-state index < -0.39 is 6.10 Å². The fourth-order valence-corrected chi connectivity index (χ4v) is 2.67. The molecule has 2 aromatic rings. The lowest BCUT2D eigenvalue weighted by Gasteiger charge is -2.16. The summed E-state index contributed by atoms with van der Waals surface area (Å²) in [5.41, 5.74) is 1.24. The fraction of sp³-hybridized carbons (Fsp3) is 0.389. The quantitative estimate of drug-likeness (QED) is 0.353. The molecule has 0 radical (unpaired) electrons. The second-order valence-corrected chi connectivity index (χ2v) is 5.68. The van der Waals surface area contributed by atoms with Crippen LogP contribution in [0.1, 0.15) is 24.4 Å². The van der Waals surface area contributed by atoms with Gasteiger partial charge in [0.25, 0.3) is 0 Å². The van der Waals surface area contributed by atoms with Crippen molar-refractivity contribution >= 4 is 29.9 Å². The van der Waals surface area contributed by atoms with Crippen molar-refractivity contribution in [1.82, 2.24) is 10.6 Å². The molecular weight excluding hydrogens is 433 g/mol. The number of ether oxygens (including phenoxy) is 1. The minimum atomic E-state index is -0.748. The molecule has 0 amide bonds. The van der Waals surface area contributed by atoms with Crippen LogP contribution < -0.4 is 15.4 Å². The van der Waals surface area contributed by atoms with E-state index in [9.17, 15) is 5.11 Å². The summed E-state index contributed by atoms with van der Waals surface area (Å²) in [4.78, 5) is 4.41. The van der Waals surface area contributed by atoms with Crippen LogP contribution in [0.15, 0.2) is 52.1 Å². The van der Waals surface area contributed by atoms with Crippen LogP contribution >= 0.6 is 24.0 Å². The van der Waals surface area contributed by atoms with E-state index in [-0.39, 0.29) is 36.6 Å². The van der Waals surface area contributed by atoms with Crippen molar-refractivity contribution in [3.63, 3.8) is 0 Å². The monoisotopic (exact) mass is 457 g/mol. The molecule has 0 saturated heterocycles. The normalized spacial score (nSPS) is 17.2. The predicted molar refractivity (Wildman–Crippen MR) is 108 cm³/mol. The Bertz CT molecular complexity index is 651. The van der Waals surface area contributed by atoms with E-state index in [4.69, 9.17) is 9.15 Å². The van der Waals surface area contributed by atoms with Gasteiger partial charge in [-0.15, -0.1) is 24.0 Å². The Balaban J connectivity index is 0.00000225. The van der Waals surface area contributed by atoms with Crippen molar-refractivity contribution in [3.8, 4) is 5.75 Å². The number of guanidine groups is 1. The standard InChI is InChI=1S/C18H23N3O3.HI/c1-2-19-18(21-12-15(22)17-8-5-9-23-17)20-11-14-10-13-6-3-4-7-16(13)24-14;/h3-9,14-15,22H,2,10-12H2,1H3,(H2,19,20,21);1H. The van der Waals surface area contributed by atoms with E-state index in [0.717, 1.165) is 18.7 Å². The highest BCUT2D eigenvalue weighted by atomic mass is 127. The van der Waals surface area contributed by atoms with Gasteiger partial charge in [0.05, 0.1) is 19.4 Å². The Hall–Kier alpha value is -1.74. The van der Waals surface area contributed by atoms with Crippen LogP contribution in [-0.2, 0) is 6.42 Å². The van der Waals surface area contributed by atoms with Crippen molar-refractivity contribution in [2.24, 2.45) is 4.99 Å². The van der Waals surface area contributed by atoms with Gasteiger partial charge in [-0.2, -0.15) is 0 Å². The molecule has 0 bridgehead atoms. The minimum Gasteiger partial charge on any atom is -0.488 e. The van der Waals surface area contributed by atoms with Crippen LogP contribution in [-0.4, -0.2) is 36.8 Å². The summed E-state index contributed by atoms with van der Waals surface area (Å²) in [5.74, 6) is 2.13. The van der Waals surface area contributed by atoms with Crippen molar-refractivity contribution in [3.05, 3.63) is 54.0 Å². The summed E-state index contributed by atoms with van der Waals surface area (Å²) in [5, 5.41) is 16.5. The molecule has 0 spiro atoms. The van der Waals surface area contributed by atoms with Crippen molar-refractivity contribution < 1.29 is 14.3 Å². The minimum absolute atomic E-state index is 0. The summed E-state index contributed by atoms with van der Waals surface area (Å²) in [7, 11) is 0. The molecule has 0 saturated carbocycles. The van der Waals surface area contributed by atoms with Gasteiger partial charge in [-0.05, 0) is 30.7 Å². The largest absolute Gasteiger partial charge is 0.488 e. The van der Waals surface area contributed by atoms with Crippen LogP contribution in [0.2, 0.25) is 0 Å². The molecule has 136 valence electrons. The van der Waals surface area contributed by atoms with Crippen LogP contribution in [0.5, 0.6) is 5.75 Å². The zero-order valence-corrected chi connectivity index (χ0v) is 16.5. The molecule has 1 aromatic heterocycles. The highest BCUT2D eigenvalue weighted by molar-refractivity contribution is 14.0. The number of furan rings is 1. The first-order valence-electron chi connectivity index (χ1n) is 8.24. The third-order valence-electron chi connectivity index (χ3n) is 3.85. The number of aliphatic hydroxyl groups excluding tert-OH is 1. The van der Waals surface area contributed by atoms with E-state index >= 15 is 0 Å². The maximum Gasteiger partial charge on any atom is 0.191 e. The van der Waals surface area contributed by atoms with Crippen molar-refractivity contribution in [1.29, 1.82) is 0 Å². The maximum absolute atomic E-state index is 10.0. The van der Waals surface area contributed by atoms with Crippen molar-refractivity contribution in [2.45, 2.75) is 25.6 Å². The van der Waals surface area contributed by atoms with Gasteiger partial charge in [0.1, 0.15) is 23.7 Å². The average Bonchev–Trinajstić information content (AvgIpc) is 3.26. The van der Waals surface area contributed by atoms with E-state index in [1.165, 1.54) is 5.56 Å². The van der Waals surface area contributed by atoms with Crippen LogP contribution in [0, 0.1) is 0 Å². The predicted octanol–water partition coefficient (Wildman–Crippen LogP) is 2.49. The maximum atomic E-state index is 10.0. The summed E-state index contributed by atoms with van der Waals surface area (Å²) in [6.07, 6.45) is 1.77. The summed E-state index contributed by atoms with van der Waals surface area (Å²) >= 11 is 0. The molecule has 2 heterocycles. The summed E-state index contributed by atoms with van der Waals surface area (Å²) in [6.45, 7) is 3.63. The second kappa shape index (κ2) is 9.67. The molecule has 3 N–H and O–H groups in total. The molecule has 0 aliphatic carbocycles. The number of nitrogens with one attached hydrogen (secondary N) is 2. The lowest BCUT2D eigenvalue weighted by molar-refractivity contribution is 0.158. The number of aliphatic hydroxyl groups is 1. The Morgan fingerprint density at radius 1 is 1.28 bits per heavy atom. The molecule has 1 aromatic carbocycles.